The summed E-state index contributed by atoms with van der Waals surface area (Å²) >= 11 is 0. The van der Waals surface area contributed by atoms with Gasteiger partial charge in [-0.1, -0.05) is 0 Å². The van der Waals surface area contributed by atoms with Gasteiger partial charge in [-0.3, -0.25) is 0 Å². The Bertz CT molecular complexity index is 585. The molecule has 1 fully saturated rings. The van der Waals surface area contributed by atoms with E-state index in [4.69, 9.17) is 4.74 Å². The zero-order valence-electron chi connectivity index (χ0n) is 13.6. The molecule has 0 bridgehead atoms. The summed E-state index contributed by atoms with van der Waals surface area (Å²) in [6, 6.07) is 3.14. The average Bonchev–Trinajstić information content (AvgIpc) is 2.45. The Balaban J connectivity index is 1.99. The summed E-state index contributed by atoms with van der Waals surface area (Å²) in [5, 5.41) is 13.7. The molecule has 0 saturated carbocycles. The lowest BCUT2D eigenvalue weighted by molar-refractivity contribution is -0.389. The number of nitrogens with zero attached hydrogens (tertiary/aromatic N) is 3. The molecule has 0 spiro atoms. The minimum atomic E-state index is -0.538. The Hall–Kier alpha value is -2.38. The summed E-state index contributed by atoms with van der Waals surface area (Å²) in [6.07, 6.45) is 2.72. The smallest absolute Gasteiger partial charge is 0.407 e. The summed E-state index contributed by atoms with van der Waals surface area (Å²) in [5.41, 5.74) is 0.201. The number of carbonyl (C=O) groups is 1. The van der Waals surface area contributed by atoms with E-state index in [0.29, 0.717) is 6.54 Å². The van der Waals surface area contributed by atoms with Gasteiger partial charge >= 0.3 is 11.9 Å². The first-order valence-corrected chi connectivity index (χ1v) is 7.59. The molecule has 2 heterocycles. The van der Waals surface area contributed by atoms with E-state index < -0.39 is 16.6 Å². The van der Waals surface area contributed by atoms with Crippen LogP contribution >= 0.6 is 0 Å². The van der Waals surface area contributed by atoms with Crippen LogP contribution in [-0.4, -0.2) is 40.7 Å². The summed E-state index contributed by atoms with van der Waals surface area (Å²) in [7, 11) is 0. The van der Waals surface area contributed by atoms with Crippen LogP contribution in [0.4, 0.5) is 16.3 Å². The molecule has 8 heteroatoms. The van der Waals surface area contributed by atoms with E-state index in [2.05, 4.69) is 10.3 Å². The normalized spacial score (nSPS) is 18.4. The molecular weight excluding hydrogens is 300 g/mol. The van der Waals surface area contributed by atoms with Crippen molar-refractivity contribution < 1.29 is 14.5 Å². The zero-order chi connectivity index (χ0) is 17.0. The predicted octanol–water partition coefficient (Wildman–Crippen LogP) is 2.48. The predicted molar refractivity (Wildman–Crippen MR) is 85.5 cm³/mol. The Labute approximate surface area is 135 Å². The first kappa shape index (κ1) is 17.0. The number of amides is 1. The molecule has 2 rings (SSSR count). The summed E-state index contributed by atoms with van der Waals surface area (Å²) in [4.78, 5) is 27.9. The van der Waals surface area contributed by atoms with E-state index in [9.17, 15) is 14.9 Å². The number of anilines is 1. The van der Waals surface area contributed by atoms with Gasteiger partial charge < -0.3 is 25.1 Å². The summed E-state index contributed by atoms with van der Waals surface area (Å²) in [6.45, 7) is 6.82. The van der Waals surface area contributed by atoms with Crippen molar-refractivity contribution in [2.45, 2.75) is 45.3 Å². The molecule has 1 N–H and O–H groups in total. The minimum Gasteiger partial charge on any atom is -0.444 e. The third-order valence-corrected chi connectivity index (χ3v) is 3.42. The molecule has 8 nitrogen and oxygen atoms in total. The number of carbonyl (C=O) groups excluding carboxylic acids is 1. The Kier molecular flexibility index (Phi) is 5.02. The van der Waals surface area contributed by atoms with Crippen molar-refractivity contribution in [3.63, 3.8) is 0 Å². The number of pyridine rings is 1. The van der Waals surface area contributed by atoms with Crippen molar-refractivity contribution in [2.24, 2.45) is 0 Å². The van der Waals surface area contributed by atoms with E-state index in [1.807, 2.05) is 25.7 Å². The highest BCUT2D eigenvalue weighted by Crippen LogP contribution is 2.22. The lowest BCUT2D eigenvalue weighted by atomic mass is 10.1. The van der Waals surface area contributed by atoms with E-state index >= 15 is 0 Å². The number of hydrogen-bond donors (Lipinski definition) is 1. The maximum Gasteiger partial charge on any atom is 0.407 e. The standard InChI is InChI=1S/C15H22N4O4/c1-15(2,3)23-14(20)17-11-5-4-8-18(10-11)12-6-7-16-13(9-12)19(21)22/h6-7,9,11H,4-5,8,10H2,1-3H3,(H,17,20). The molecule has 0 aliphatic carbocycles. The van der Waals surface area contributed by atoms with Crippen LogP contribution in [-0.2, 0) is 4.74 Å². The highest BCUT2D eigenvalue weighted by Gasteiger charge is 2.25. The number of nitro groups is 1. The fourth-order valence-corrected chi connectivity index (χ4v) is 2.51. The number of alkyl carbamates (subject to hydrolysis) is 1. The topological polar surface area (TPSA) is 97.6 Å². The van der Waals surface area contributed by atoms with E-state index in [1.165, 1.54) is 12.3 Å². The molecule has 1 saturated heterocycles. The van der Waals surface area contributed by atoms with Crippen molar-refractivity contribution in [3.05, 3.63) is 28.4 Å². The Morgan fingerprint density at radius 2 is 2.26 bits per heavy atom. The van der Waals surface area contributed by atoms with Crippen LogP contribution in [0.3, 0.4) is 0 Å². The maximum absolute atomic E-state index is 11.9. The number of piperidine rings is 1. The van der Waals surface area contributed by atoms with Crippen molar-refractivity contribution in [2.75, 3.05) is 18.0 Å². The number of rotatable bonds is 3. The fourth-order valence-electron chi connectivity index (χ4n) is 2.51. The molecule has 0 radical (unpaired) electrons. The molecule has 1 unspecified atom stereocenters. The van der Waals surface area contributed by atoms with Gasteiger partial charge in [0.05, 0.1) is 6.07 Å². The second kappa shape index (κ2) is 6.80. The zero-order valence-corrected chi connectivity index (χ0v) is 13.6. The van der Waals surface area contributed by atoms with Crippen molar-refractivity contribution >= 4 is 17.6 Å². The molecule has 1 amide bonds. The SMILES string of the molecule is CC(C)(C)OC(=O)NC1CCCN(c2ccnc([N+](=O)[O-])c2)C1. The monoisotopic (exact) mass is 322 g/mol. The highest BCUT2D eigenvalue weighted by molar-refractivity contribution is 5.68. The van der Waals surface area contributed by atoms with Crippen LogP contribution in [0, 0.1) is 10.1 Å². The summed E-state index contributed by atoms with van der Waals surface area (Å²) < 4.78 is 5.26. The van der Waals surface area contributed by atoms with Crippen LogP contribution in [0.25, 0.3) is 0 Å². The fraction of sp³-hybridized carbons (Fsp3) is 0.600. The van der Waals surface area contributed by atoms with Gasteiger partial charge in [-0.15, -0.1) is 0 Å². The molecule has 1 aromatic rings. The van der Waals surface area contributed by atoms with Crippen molar-refractivity contribution in [1.29, 1.82) is 0 Å². The van der Waals surface area contributed by atoms with Gasteiger partial charge in [-0.05, 0) is 43.5 Å². The molecule has 1 atom stereocenters. The third-order valence-electron chi connectivity index (χ3n) is 3.42. The van der Waals surface area contributed by atoms with Crippen LogP contribution in [0.1, 0.15) is 33.6 Å². The van der Waals surface area contributed by atoms with Crippen molar-refractivity contribution in [3.8, 4) is 0 Å². The number of aromatic nitrogens is 1. The molecule has 23 heavy (non-hydrogen) atoms. The molecule has 1 aliphatic heterocycles. The first-order chi connectivity index (χ1) is 10.7. The second-order valence-electron chi connectivity index (χ2n) is 6.56. The Morgan fingerprint density at radius 3 is 2.91 bits per heavy atom. The lowest BCUT2D eigenvalue weighted by Gasteiger charge is -2.34. The quantitative estimate of drug-likeness (QED) is 0.678. The van der Waals surface area contributed by atoms with Crippen molar-refractivity contribution in [1.82, 2.24) is 10.3 Å². The molecule has 1 aliphatic rings. The Morgan fingerprint density at radius 1 is 1.52 bits per heavy atom. The van der Waals surface area contributed by atoms with Gasteiger partial charge in [0.1, 0.15) is 11.8 Å². The minimum absolute atomic E-state index is 0.0502. The summed E-state index contributed by atoms with van der Waals surface area (Å²) in [5.74, 6) is -0.176. The van der Waals surface area contributed by atoms with Gasteiger partial charge in [-0.25, -0.2) is 4.79 Å². The van der Waals surface area contributed by atoms with Gasteiger partial charge in [-0.2, -0.15) is 0 Å². The number of hydrogen-bond acceptors (Lipinski definition) is 6. The van der Waals surface area contributed by atoms with E-state index in [1.54, 1.807) is 6.07 Å². The van der Waals surface area contributed by atoms with Crippen LogP contribution in [0.15, 0.2) is 18.3 Å². The van der Waals surface area contributed by atoms with Gasteiger partial charge in [0.25, 0.3) is 0 Å². The van der Waals surface area contributed by atoms with Crippen LogP contribution in [0.5, 0.6) is 0 Å². The number of ether oxygens (including phenoxy) is 1. The first-order valence-electron chi connectivity index (χ1n) is 7.59. The molecule has 0 aromatic carbocycles. The molecular formula is C15H22N4O4. The largest absolute Gasteiger partial charge is 0.444 e. The lowest BCUT2D eigenvalue weighted by Crippen LogP contribution is -2.49. The van der Waals surface area contributed by atoms with Gasteiger partial charge in [0, 0.05) is 30.9 Å². The maximum atomic E-state index is 11.9. The highest BCUT2D eigenvalue weighted by atomic mass is 16.6. The van der Waals surface area contributed by atoms with Gasteiger partial charge in [0.15, 0.2) is 0 Å². The second-order valence-corrected chi connectivity index (χ2v) is 6.56. The van der Waals surface area contributed by atoms with E-state index in [0.717, 1.165) is 25.1 Å². The van der Waals surface area contributed by atoms with Crippen LogP contribution in [0.2, 0.25) is 0 Å². The van der Waals surface area contributed by atoms with Crippen LogP contribution < -0.4 is 10.2 Å². The molecule has 126 valence electrons. The van der Waals surface area contributed by atoms with E-state index in [-0.39, 0.29) is 11.9 Å². The third kappa shape index (κ3) is 5.08. The average molecular weight is 322 g/mol. The molecule has 1 aromatic heterocycles. The van der Waals surface area contributed by atoms with Gasteiger partial charge in [0.2, 0.25) is 0 Å². The number of nitrogens with one attached hydrogen (secondary N) is 1.